The lowest BCUT2D eigenvalue weighted by molar-refractivity contribution is 0.174. The third kappa shape index (κ3) is 1.79. The second-order valence-corrected chi connectivity index (χ2v) is 3.42. The fourth-order valence-electron chi connectivity index (χ4n) is 1.29. The largest absolute Gasteiger partial charge is 0.454 e. The molecule has 1 aliphatic heterocycles. The number of hydrogen-bond acceptors (Lipinski definition) is 4. The second-order valence-electron chi connectivity index (χ2n) is 3.01. The van der Waals surface area contributed by atoms with Gasteiger partial charge in [-0.2, -0.15) is 10.5 Å². The Morgan fingerprint density at radius 2 is 1.88 bits per heavy atom. The van der Waals surface area contributed by atoms with E-state index in [0.29, 0.717) is 22.1 Å². The van der Waals surface area contributed by atoms with Crippen molar-refractivity contribution < 1.29 is 9.47 Å². The molecule has 0 radical (unpaired) electrons. The molecule has 2 rings (SSSR count). The summed E-state index contributed by atoms with van der Waals surface area (Å²) in [5, 5.41) is 17.7. The minimum Gasteiger partial charge on any atom is -0.454 e. The zero-order chi connectivity index (χ0) is 11.5. The van der Waals surface area contributed by atoms with Crippen LogP contribution in [-0.2, 0) is 0 Å². The van der Waals surface area contributed by atoms with E-state index in [1.54, 1.807) is 24.3 Å². The number of ether oxygens (including phenoxy) is 2. The Bertz CT molecular complexity index is 536. The first-order valence-electron chi connectivity index (χ1n) is 4.35. The van der Waals surface area contributed by atoms with Crippen LogP contribution in [0.3, 0.4) is 0 Å². The van der Waals surface area contributed by atoms with Crippen molar-refractivity contribution in [2.75, 3.05) is 6.79 Å². The first-order chi connectivity index (χ1) is 7.74. The van der Waals surface area contributed by atoms with Crippen molar-refractivity contribution in [2.24, 2.45) is 0 Å². The average molecular weight is 233 g/mol. The standard InChI is InChI=1S/C11H5ClN2O2/c12-9-3-11-10(15-6-16-11)2-8(9)1-7(4-13)5-14/h1-3H,6H2. The lowest BCUT2D eigenvalue weighted by atomic mass is 10.1. The van der Waals surface area contributed by atoms with Crippen molar-refractivity contribution >= 4 is 17.7 Å². The lowest BCUT2D eigenvalue weighted by Gasteiger charge is -2.01. The zero-order valence-electron chi connectivity index (χ0n) is 8.03. The summed E-state index contributed by atoms with van der Waals surface area (Å²) < 4.78 is 10.3. The molecule has 5 heteroatoms. The summed E-state index contributed by atoms with van der Waals surface area (Å²) >= 11 is 5.97. The average Bonchev–Trinajstić information content (AvgIpc) is 2.72. The molecule has 0 fully saturated rings. The van der Waals surface area contributed by atoms with Crippen molar-refractivity contribution in [1.82, 2.24) is 0 Å². The predicted molar refractivity (Wildman–Crippen MR) is 56.8 cm³/mol. The van der Waals surface area contributed by atoms with E-state index in [1.165, 1.54) is 6.08 Å². The van der Waals surface area contributed by atoms with Gasteiger partial charge in [0.25, 0.3) is 0 Å². The van der Waals surface area contributed by atoms with Crippen molar-refractivity contribution in [2.45, 2.75) is 0 Å². The summed E-state index contributed by atoms with van der Waals surface area (Å²) in [5.74, 6) is 1.13. The van der Waals surface area contributed by atoms with Gasteiger partial charge in [-0.15, -0.1) is 0 Å². The number of allylic oxidation sites excluding steroid dienone is 1. The van der Waals surface area contributed by atoms with E-state index in [1.807, 2.05) is 0 Å². The summed E-state index contributed by atoms with van der Waals surface area (Å²) in [7, 11) is 0. The highest BCUT2D eigenvalue weighted by Gasteiger charge is 2.15. The first-order valence-corrected chi connectivity index (χ1v) is 4.73. The molecule has 78 valence electrons. The van der Waals surface area contributed by atoms with E-state index >= 15 is 0 Å². The molecule has 0 aliphatic carbocycles. The van der Waals surface area contributed by atoms with Gasteiger partial charge < -0.3 is 9.47 Å². The van der Waals surface area contributed by atoms with Gasteiger partial charge in [-0.25, -0.2) is 0 Å². The van der Waals surface area contributed by atoms with Crippen LogP contribution in [0.2, 0.25) is 5.02 Å². The molecule has 16 heavy (non-hydrogen) atoms. The SMILES string of the molecule is N#CC(C#N)=Cc1cc2c(cc1Cl)OCO2. The maximum atomic E-state index is 8.63. The number of hydrogen-bond donors (Lipinski definition) is 0. The first kappa shape index (κ1) is 10.4. The Labute approximate surface area is 96.9 Å². The van der Waals surface area contributed by atoms with Gasteiger partial charge >= 0.3 is 0 Å². The normalized spacial score (nSPS) is 11.4. The molecule has 1 aliphatic rings. The molecule has 0 unspecified atom stereocenters. The Morgan fingerprint density at radius 1 is 1.25 bits per heavy atom. The molecule has 0 amide bonds. The molecule has 1 heterocycles. The fourth-order valence-corrected chi connectivity index (χ4v) is 1.50. The Kier molecular flexibility index (Phi) is 2.68. The molecule has 0 saturated heterocycles. The summed E-state index contributed by atoms with van der Waals surface area (Å²) in [4.78, 5) is 0. The van der Waals surface area contributed by atoms with E-state index < -0.39 is 0 Å². The van der Waals surface area contributed by atoms with Crippen LogP contribution in [0.1, 0.15) is 5.56 Å². The number of nitrogens with zero attached hydrogens (tertiary/aromatic N) is 2. The molecule has 4 nitrogen and oxygen atoms in total. The van der Waals surface area contributed by atoms with Gasteiger partial charge in [0.05, 0.1) is 5.02 Å². The molecule has 1 aromatic rings. The molecule has 0 N–H and O–H groups in total. The number of fused-ring (bicyclic) bond motifs is 1. The van der Waals surface area contributed by atoms with Crippen LogP contribution >= 0.6 is 11.6 Å². The third-order valence-electron chi connectivity index (χ3n) is 2.03. The summed E-state index contributed by atoms with van der Waals surface area (Å²) in [6.07, 6.45) is 1.41. The third-order valence-corrected chi connectivity index (χ3v) is 2.36. The van der Waals surface area contributed by atoms with Crippen LogP contribution in [0.4, 0.5) is 0 Å². The molecule has 0 saturated carbocycles. The monoisotopic (exact) mass is 232 g/mol. The molecule has 0 spiro atoms. The lowest BCUT2D eigenvalue weighted by Crippen LogP contribution is -1.92. The number of rotatable bonds is 1. The van der Waals surface area contributed by atoms with E-state index in [0.717, 1.165) is 0 Å². The molecular formula is C11H5ClN2O2. The van der Waals surface area contributed by atoms with E-state index in [9.17, 15) is 0 Å². The molecule has 1 aromatic carbocycles. The highest BCUT2D eigenvalue weighted by molar-refractivity contribution is 6.32. The van der Waals surface area contributed by atoms with Crippen LogP contribution in [0.15, 0.2) is 17.7 Å². The van der Waals surface area contributed by atoms with Crippen LogP contribution in [0.25, 0.3) is 6.08 Å². The number of benzene rings is 1. The number of nitriles is 2. The Morgan fingerprint density at radius 3 is 2.50 bits per heavy atom. The minimum absolute atomic E-state index is 0.0132. The van der Waals surface area contributed by atoms with Gasteiger partial charge in [-0.3, -0.25) is 0 Å². The van der Waals surface area contributed by atoms with Gasteiger partial charge in [-0.1, -0.05) is 11.6 Å². The summed E-state index contributed by atoms with van der Waals surface area (Å²) in [6, 6.07) is 6.77. The quantitative estimate of drug-likeness (QED) is 0.698. The molecular weight excluding hydrogens is 228 g/mol. The van der Waals surface area contributed by atoms with Gasteiger partial charge in [0, 0.05) is 6.07 Å². The number of halogens is 1. The molecule has 0 atom stereocenters. The predicted octanol–water partition coefficient (Wildman–Crippen LogP) is 2.50. The van der Waals surface area contributed by atoms with Crippen LogP contribution in [0.5, 0.6) is 11.5 Å². The fraction of sp³-hybridized carbons (Fsp3) is 0.0909. The highest BCUT2D eigenvalue weighted by atomic mass is 35.5. The second kappa shape index (κ2) is 4.14. The maximum Gasteiger partial charge on any atom is 0.231 e. The van der Waals surface area contributed by atoms with Crippen LogP contribution in [0, 0.1) is 22.7 Å². The topological polar surface area (TPSA) is 66.0 Å². The highest BCUT2D eigenvalue weighted by Crippen LogP contribution is 2.37. The zero-order valence-corrected chi connectivity index (χ0v) is 8.78. The van der Waals surface area contributed by atoms with Crippen LogP contribution in [-0.4, -0.2) is 6.79 Å². The van der Waals surface area contributed by atoms with Crippen molar-refractivity contribution in [3.63, 3.8) is 0 Å². The Hall–Kier alpha value is -2.17. The minimum atomic E-state index is -0.0132. The van der Waals surface area contributed by atoms with Crippen molar-refractivity contribution in [3.05, 3.63) is 28.3 Å². The molecule has 0 bridgehead atoms. The summed E-state index contributed by atoms with van der Waals surface area (Å²) in [5.41, 5.74) is 0.546. The summed E-state index contributed by atoms with van der Waals surface area (Å²) in [6.45, 7) is 0.155. The van der Waals surface area contributed by atoms with Gasteiger partial charge in [-0.05, 0) is 17.7 Å². The van der Waals surface area contributed by atoms with Gasteiger partial charge in [0.15, 0.2) is 11.5 Å². The van der Waals surface area contributed by atoms with E-state index in [2.05, 4.69) is 0 Å². The Balaban J connectivity index is 2.48. The maximum absolute atomic E-state index is 8.63. The molecule has 0 aromatic heterocycles. The van der Waals surface area contributed by atoms with Crippen LogP contribution < -0.4 is 9.47 Å². The van der Waals surface area contributed by atoms with Crippen molar-refractivity contribution in [1.29, 1.82) is 10.5 Å². The van der Waals surface area contributed by atoms with Gasteiger partial charge in [0.2, 0.25) is 6.79 Å². The van der Waals surface area contributed by atoms with Crippen molar-refractivity contribution in [3.8, 4) is 23.6 Å². The van der Waals surface area contributed by atoms with E-state index in [4.69, 9.17) is 31.6 Å². The van der Waals surface area contributed by atoms with E-state index in [-0.39, 0.29) is 12.4 Å². The van der Waals surface area contributed by atoms with Gasteiger partial charge in [0.1, 0.15) is 17.7 Å². The smallest absolute Gasteiger partial charge is 0.231 e.